The molecule has 4 nitrogen and oxygen atoms in total. The first-order valence-corrected chi connectivity index (χ1v) is 5.71. The van der Waals surface area contributed by atoms with Crippen LogP contribution in [0.2, 0.25) is 0 Å². The predicted octanol–water partition coefficient (Wildman–Crippen LogP) is 1.19. The zero-order valence-electron chi connectivity index (χ0n) is 9.41. The van der Waals surface area contributed by atoms with E-state index in [0.29, 0.717) is 11.8 Å². The Balaban J connectivity index is 2.45. The van der Waals surface area contributed by atoms with Crippen molar-refractivity contribution in [1.29, 1.82) is 0 Å². The Labute approximate surface area is 91.1 Å². The summed E-state index contributed by atoms with van der Waals surface area (Å²) in [7, 11) is 0. The van der Waals surface area contributed by atoms with Gasteiger partial charge in [0.05, 0.1) is 11.9 Å². The standard InChI is InChI=1S/C11H21N3O/c1-8(7-10(12)15)14-11(13)9-5-3-2-4-6-9/h8-9H,2-7H2,1H3,(H2,12,15)(H2,13,14). The fourth-order valence-corrected chi connectivity index (χ4v) is 2.10. The Morgan fingerprint density at radius 2 is 1.93 bits per heavy atom. The lowest BCUT2D eigenvalue weighted by molar-refractivity contribution is -0.118. The van der Waals surface area contributed by atoms with Gasteiger partial charge in [-0.2, -0.15) is 0 Å². The van der Waals surface area contributed by atoms with Crippen molar-refractivity contribution in [3.8, 4) is 0 Å². The van der Waals surface area contributed by atoms with Crippen molar-refractivity contribution in [1.82, 2.24) is 0 Å². The van der Waals surface area contributed by atoms with E-state index >= 15 is 0 Å². The molecule has 0 aliphatic heterocycles. The summed E-state index contributed by atoms with van der Waals surface area (Å²) < 4.78 is 0. The third kappa shape index (κ3) is 4.32. The second-order valence-corrected chi connectivity index (χ2v) is 4.41. The van der Waals surface area contributed by atoms with Crippen LogP contribution in [0.1, 0.15) is 45.4 Å². The average molecular weight is 211 g/mol. The number of aliphatic imine (C=N–C) groups is 1. The lowest BCUT2D eigenvalue weighted by Crippen LogP contribution is -2.28. The van der Waals surface area contributed by atoms with E-state index in [4.69, 9.17) is 11.5 Å². The largest absolute Gasteiger partial charge is 0.387 e. The molecule has 0 aromatic rings. The number of primary amides is 1. The van der Waals surface area contributed by atoms with Crippen LogP contribution in [-0.4, -0.2) is 17.8 Å². The van der Waals surface area contributed by atoms with E-state index in [0.717, 1.165) is 12.8 Å². The average Bonchev–Trinajstić information content (AvgIpc) is 2.17. The quantitative estimate of drug-likeness (QED) is 0.541. The Hall–Kier alpha value is -1.06. The maximum Gasteiger partial charge on any atom is 0.219 e. The molecule has 0 radical (unpaired) electrons. The highest BCUT2D eigenvalue weighted by atomic mass is 16.1. The van der Waals surface area contributed by atoms with Crippen LogP contribution in [0, 0.1) is 5.92 Å². The molecule has 0 bridgehead atoms. The maximum absolute atomic E-state index is 10.7. The van der Waals surface area contributed by atoms with Crippen LogP contribution in [-0.2, 0) is 4.79 Å². The van der Waals surface area contributed by atoms with Gasteiger partial charge in [-0.1, -0.05) is 19.3 Å². The molecule has 0 aromatic heterocycles. The van der Waals surface area contributed by atoms with Gasteiger partial charge in [-0.05, 0) is 19.8 Å². The summed E-state index contributed by atoms with van der Waals surface area (Å²) in [5, 5.41) is 0. The molecule has 1 unspecified atom stereocenters. The van der Waals surface area contributed by atoms with Crippen LogP contribution < -0.4 is 11.5 Å². The summed E-state index contributed by atoms with van der Waals surface area (Å²) in [5.74, 6) is 0.820. The zero-order chi connectivity index (χ0) is 11.3. The van der Waals surface area contributed by atoms with Crippen molar-refractivity contribution in [2.75, 3.05) is 0 Å². The Morgan fingerprint density at radius 3 is 2.47 bits per heavy atom. The normalized spacial score (nSPS) is 21.3. The van der Waals surface area contributed by atoms with Crippen LogP contribution in [0.3, 0.4) is 0 Å². The van der Waals surface area contributed by atoms with Gasteiger partial charge >= 0.3 is 0 Å². The molecule has 0 heterocycles. The fraction of sp³-hybridized carbons (Fsp3) is 0.818. The molecule has 1 amide bonds. The van der Waals surface area contributed by atoms with Gasteiger partial charge in [0.1, 0.15) is 0 Å². The number of amidine groups is 1. The smallest absolute Gasteiger partial charge is 0.219 e. The van der Waals surface area contributed by atoms with Crippen LogP contribution >= 0.6 is 0 Å². The number of hydrogen-bond acceptors (Lipinski definition) is 2. The van der Waals surface area contributed by atoms with Gasteiger partial charge in [0.15, 0.2) is 0 Å². The fourth-order valence-electron chi connectivity index (χ4n) is 2.10. The number of amides is 1. The van der Waals surface area contributed by atoms with Crippen molar-refractivity contribution in [3.63, 3.8) is 0 Å². The highest BCUT2D eigenvalue weighted by molar-refractivity contribution is 5.83. The highest BCUT2D eigenvalue weighted by Gasteiger charge is 2.17. The maximum atomic E-state index is 10.7. The minimum atomic E-state index is -0.317. The molecular formula is C11H21N3O. The molecule has 0 spiro atoms. The van der Waals surface area contributed by atoms with Crippen molar-refractivity contribution < 1.29 is 4.79 Å². The number of nitrogens with two attached hydrogens (primary N) is 2. The molecule has 1 aliphatic rings. The van der Waals surface area contributed by atoms with Gasteiger partial charge in [0.2, 0.25) is 5.91 Å². The second kappa shape index (κ2) is 5.73. The molecule has 86 valence electrons. The molecular weight excluding hydrogens is 190 g/mol. The predicted molar refractivity (Wildman–Crippen MR) is 61.5 cm³/mol. The van der Waals surface area contributed by atoms with Gasteiger partial charge in [0.25, 0.3) is 0 Å². The van der Waals surface area contributed by atoms with E-state index in [2.05, 4.69) is 4.99 Å². The SMILES string of the molecule is CC(CC(N)=O)N=C(N)C1CCCCC1. The van der Waals surface area contributed by atoms with Crippen LogP contribution in [0.5, 0.6) is 0 Å². The molecule has 0 saturated heterocycles. The van der Waals surface area contributed by atoms with Crippen molar-refractivity contribution in [3.05, 3.63) is 0 Å². The molecule has 1 saturated carbocycles. The number of carbonyl (C=O) groups is 1. The summed E-state index contributed by atoms with van der Waals surface area (Å²) in [4.78, 5) is 15.0. The summed E-state index contributed by atoms with van der Waals surface area (Å²) >= 11 is 0. The lowest BCUT2D eigenvalue weighted by Gasteiger charge is -2.21. The molecule has 15 heavy (non-hydrogen) atoms. The van der Waals surface area contributed by atoms with E-state index in [1.54, 1.807) is 0 Å². The molecule has 1 rings (SSSR count). The van der Waals surface area contributed by atoms with E-state index in [1.165, 1.54) is 19.3 Å². The van der Waals surface area contributed by atoms with Gasteiger partial charge in [-0.15, -0.1) is 0 Å². The van der Waals surface area contributed by atoms with Gasteiger partial charge in [-0.25, -0.2) is 0 Å². The van der Waals surface area contributed by atoms with Crippen molar-refractivity contribution >= 4 is 11.7 Å². The first-order chi connectivity index (χ1) is 7.09. The number of carbonyl (C=O) groups excluding carboxylic acids is 1. The molecule has 4 heteroatoms. The van der Waals surface area contributed by atoms with E-state index in [1.807, 2.05) is 6.92 Å². The Kier molecular flexibility index (Phi) is 4.59. The Morgan fingerprint density at radius 1 is 1.33 bits per heavy atom. The lowest BCUT2D eigenvalue weighted by atomic mass is 9.88. The first kappa shape index (κ1) is 12.0. The van der Waals surface area contributed by atoms with Gasteiger partial charge < -0.3 is 11.5 Å². The van der Waals surface area contributed by atoms with E-state index < -0.39 is 0 Å². The number of hydrogen-bond donors (Lipinski definition) is 2. The second-order valence-electron chi connectivity index (χ2n) is 4.41. The van der Waals surface area contributed by atoms with Crippen LogP contribution in [0.4, 0.5) is 0 Å². The summed E-state index contributed by atoms with van der Waals surface area (Å²) in [6, 6.07) is -0.0792. The molecule has 1 atom stereocenters. The van der Waals surface area contributed by atoms with E-state index in [9.17, 15) is 4.79 Å². The number of rotatable bonds is 4. The monoisotopic (exact) mass is 211 g/mol. The highest BCUT2D eigenvalue weighted by Crippen LogP contribution is 2.23. The van der Waals surface area contributed by atoms with Gasteiger partial charge in [0, 0.05) is 12.3 Å². The van der Waals surface area contributed by atoms with Crippen LogP contribution in [0.15, 0.2) is 4.99 Å². The first-order valence-electron chi connectivity index (χ1n) is 5.71. The zero-order valence-corrected chi connectivity index (χ0v) is 9.41. The topological polar surface area (TPSA) is 81.5 Å². The molecule has 1 aliphatic carbocycles. The van der Waals surface area contributed by atoms with Crippen molar-refractivity contribution in [2.24, 2.45) is 22.4 Å². The third-order valence-electron chi connectivity index (χ3n) is 2.89. The minimum absolute atomic E-state index is 0.0792. The summed E-state index contributed by atoms with van der Waals surface area (Å²) in [6.07, 6.45) is 6.35. The minimum Gasteiger partial charge on any atom is -0.387 e. The number of nitrogens with zero attached hydrogens (tertiary/aromatic N) is 1. The van der Waals surface area contributed by atoms with Gasteiger partial charge in [-0.3, -0.25) is 9.79 Å². The van der Waals surface area contributed by atoms with E-state index in [-0.39, 0.29) is 18.4 Å². The summed E-state index contributed by atoms with van der Waals surface area (Å²) in [5.41, 5.74) is 11.0. The van der Waals surface area contributed by atoms with Crippen LogP contribution in [0.25, 0.3) is 0 Å². The molecule has 0 aromatic carbocycles. The van der Waals surface area contributed by atoms with Crippen molar-refractivity contribution in [2.45, 2.75) is 51.5 Å². The Bertz CT molecular complexity index is 244. The molecule has 4 N–H and O–H groups in total. The molecule has 1 fully saturated rings. The third-order valence-corrected chi connectivity index (χ3v) is 2.89. The summed E-state index contributed by atoms with van der Waals surface area (Å²) in [6.45, 7) is 1.88.